The van der Waals surface area contributed by atoms with Gasteiger partial charge in [-0.3, -0.25) is 14.6 Å². The largest absolute Gasteiger partial charge is 0.395 e. The van der Waals surface area contributed by atoms with Crippen molar-refractivity contribution in [1.29, 1.82) is 0 Å². The van der Waals surface area contributed by atoms with Crippen LogP contribution in [0.3, 0.4) is 0 Å². The second-order valence-corrected chi connectivity index (χ2v) is 7.91. The van der Waals surface area contributed by atoms with Gasteiger partial charge in [-0.05, 0) is 38.8 Å². The van der Waals surface area contributed by atoms with Crippen molar-refractivity contribution in [2.24, 2.45) is 5.92 Å². The predicted molar refractivity (Wildman–Crippen MR) is 108 cm³/mol. The number of nitrogens with zero attached hydrogens (tertiary/aromatic N) is 4. The molecule has 2 aromatic rings. The molecule has 0 bridgehead atoms. The highest BCUT2D eigenvalue weighted by molar-refractivity contribution is 7.17. The van der Waals surface area contributed by atoms with Crippen LogP contribution in [0.2, 0.25) is 0 Å². The molecule has 1 atom stereocenters. The third-order valence-corrected chi connectivity index (χ3v) is 6.21. The van der Waals surface area contributed by atoms with Crippen LogP contribution in [0, 0.1) is 12.8 Å². The van der Waals surface area contributed by atoms with Crippen LogP contribution in [-0.2, 0) is 4.79 Å². The van der Waals surface area contributed by atoms with E-state index in [4.69, 9.17) is 5.11 Å². The number of likely N-dealkylation sites (N-methyl/N-ethyl adjacent to an activating group) is 1. The molecule has 2 amide bonds. The number of aryl methyl sites for hydroxylation is 1. The summed E-state index contributed by atoms with van der Waals surface area (Å²) in [5.74, 6) is -0.255. The van der Waals surface area contributed by atoms with E-state index in [9.17, 15) is 9.59 Å². The van der Waals surface area contributed by atoms with Gasteiger partial charge in [0.05, 0.1) is 18.2 Å². The van der Waals surface area contributed by atoms with E-state index in [-0.39, 0.29) is 24.3 Å². The maximum atomic E-state index is 13.1. The standard InChI is InChI=1S/C20H26N4O3S/c1-3-23(10-11-25)19(26)16-7-5-9-24(13-16)20(27)17-14(2)22-18(28-17)15-6-4-8-21-12-15/h4,6,8,12,16,25H,3,5,7,9-11,13H2,1-2H3. The summed E-state index contributed by atoms with van der Waals surface area (Å²) in [6, 6.07) is 3.77. The van der Waals surface area contributed by atoms with Gasteiger partial charge in [0.2, 0.25) is 5.91 Å². The number of aliphatic hydroxyl groups excluding tert-OH is 1. The fourth-order valence-corrected chi connectivity index (χ4v) is 4.54. The molecule has 28 heavy (non-hydrogen) atoms. The second kappa shape index (κ2) is 9.25. The molecule has 1 N–H and O–H groups in total. The topological polar surface area (TPSA) is 86.6 Å². The minimum absolute atomic E-state index is 0.0196. The average molecular weight is 403 g/mol. The lowest BCUT2D eigenvalue weighted by molar-refractivity contribution is -0.137. The van der Waals surface area contributed by atoms with Crippen LogP contribution in [0.5, 0.6) is 0 Å². The summed E-state index contributed by atoms with van der Waals surface area (Å²) >= 11 is 1.37. The Morgan fingerprint density at radius 2 is 2.25 bits per heavy atom. The Morgan fingerprint density at radius 3 is 2.93 bits per heavy atom. The van der Waals surface area contributed by atoms with E-state index in [1.165, 1.54) is 11.3 Å². The molecule has 7 nitrogen and oxygen atoms in total. The number of carbonyl (C=O) groups excluding carboxylic acids is 2. The van der Waals surface area contributed by atoms with Crippen molar-refractivity contribution in [1.82, 2.24) is 19.8 Å². The molecule has 0 radical (unpaired) electrons. The first-order valence-corrected chi connectivity index (χ1v) is 10.4. The third-order valence-electron chi connectivity index (χ3n) is 5.02. The van der Waals surface area contributed by atoms with Crippen molar-refractivity contribution < 1.29 is 14.7 Å². The minimum atomic E-state index is -0.213. The number of pyridine rings is 1. The number of likely N-dealkylation sites (tertiary alicyclic amines) is 1. The van der Waals surface area contributed by atoms with Gasteiger partial charge in [0.15, 0.2) is 0 Å². The highest BCUT2D eigenvalue weighted by Crippen LogP contribution is 2.29. The molecular weight excluding hydrogens is 376 g/mol. The Balaban J connectivity index is 1.74. The van der Waals surface area contributed by atoms with Gasteiger partial charge in [-0.2, -0.15) is 0 Å². The van der Waals surface area contributed by atoms with E-state index in [0.717, 1.165) is 23.4 Å². The van der Waals surface area contributed by atoms with Crippen molar-refractivity contribution in [2.45, 2.75) is 26.7 Å². The highest BCUT2D eigenvalue weighted by atomic mass is 32.1. The molecule has 0 aliphatic carbocycles. The lowest BCUT2D eigenvalue weighted by Crippen LogP contribution is -2.47. The summed E-state index contributed by atoms with van der Waals surface area (Å²) in [6.45, 7) is 5.66. The first kappa shape index (κ1) is 20.4. The van der Waals surface area contributed by atoms with Crippen LogP contribution >= 0.6 is 11.3 Å². The van der Waals surface area contributed by atoms with E-state index >= 15 is 0 Å². The van der Waals surface area contributed by atoms with E-state index in [1.54, 1.807) is 22.2 Å². The number of thiazole rings is 1. The number of hydrogen-bond donors (Lipinski definition) is 1. The summed E-state index contributed by atoms with van der Waals surface area (Å²) in [5, 5.41) is 9.94. The van der Waals surface area contributed by atoms with Crippen LogP contribution in [0.1, 0.15) is 35.1 Å². The number of aliphatic hydroxyl groups is 1. The zero-order valence-electron chi connectivity index (χ0n) is 16.3. The number of carbonyl (C=O) groups is 2. The Hall–Kier alpha value is -2.32. The summed E-state index contributed by atoms with van der Waals surface area (Å²) in [5.41, 5.74) is 1.60. The molecule has 3 rings (SSSR count). The normalized spacial score (nSPS) is 16.8. The van der Waals surface area contributed by atoms with E-state index in [0.29, 0.717) is 36.8 Å². The first-order valence-electron chi connectivity index (χ1n) is 9.61. The van der Waals surface area contributed by atoms with Crippen LogP contribution in [0.15, 0.2) is 24.5 Å². The second-order valence-electron chi connectivity index (χ2n) is 6.91. The zero-order chi connectivity index (χ0) is 20.1. The lowest BCUT2D eigenvalue weighted by Gasteiger charge is -2.34. The molecule has 1 aliphatic heterocycles. The van der Waals surface area contributed by atoms with Crippen molar-refractivity contribution in [2.75, 3.05) is 32.8 Å². The minimum Gasteiger partial charge on any atom is -0.395 e. The zero-order valence-corrected chi connectivity index (χ0v) is 17.1. The van der Waals surface area contributed by atoms with Crippen molar-refractivity contribution in [3.8, 4) is 10.6 Å². The molecule has 8 heteroatoms. The van der Waals surface area contributed by atoms with Crippen molar-refractivity contribution in [3.63, 3.8) is 0 Å². The monoisotopic (exact) mass is 402 g/mol. The van der Waals surface area contributed by atoms with Crippen LogP contribution in [-0.4, -0.2) is 69.5 Å². The first-order chi connectivity index (χ1) is 13.5. The maximum Gasteiger partial charge on any atom is 0.265 e. The van der Waals surface area contributed by atoms with Gasteiger partial charge < -0.3 is 14.9 Å². The Kier molecular flexibility index (Phi) is 6.74. The molecular formula is C20H26N4O3S. The van der Waals surface area contributed by atoms with Gasteiger partial charge in [-0.15, -0.1) is 11.3 Å². The predicted octanol–water partition coefficient (Wildman–Crippen LogP) is 2.21. The summed E-state index contributed by atoms with van der Waals surface area (Å²) in [6.07, 6.45) is 5.01. The molecule has 1 saturated heterocycles. The Morgan fingerprint density at radius 1 is 1.43 bits per heavy atom. The van der Waals surface area contributed by atoms with Gasteiger partial charge in [-0.25, -0.2) is 4.98 Å². The van der Waals surface area contributed by atoms with Crippen LogP contribution < -0.4 is 0 Å². The van der Waals surface area contributed by atoms with Gasteiger partial charge in [-0.1, -0.05) is 0 Å². The molecule has 0 saturated carbocycles. The molecule has 150 valence electrons. The summed E-state index contributed by atoms with van der Waals surface area (Å²) in [4.78, 5) is 38.6. The third kappa shape index (κ3) is 4.39. The number of piperidine rings is 1. The number of aromatic nitrogens is 2. The molecule has 0 aromatic carbocycles. The van der Waals surface area contributed by atoms with Gasteiger partial charge in [0.1, 0.15) is 9.88 Å². The molecule has 2 aromatic heterocycles. The van der Waals surface area contributed by atoms with Crippen LogP contribution in [0.25, 0.3) is 10.6 Å². The van der Waals surface area contributed by atoms with Gasteiger partial charge >= 0.3 is 0 Å². The Bertz CT molecular complexity index is 824. The van der Waals surface area contributed by atoms with Crippen LogP contribution in [0.4, 0.5) is 0 Å². The molecule has 0 spiro atoms. The van der Waals surface area contributed by atoms with E-state index in [2.05, 4.69) is 9.97 Å². The van der Waals surface area contributed by atoms with Crippen molar-refractivity contribution in [3.05, 3.63) is 35.1 Å². The molecule has 3 heterocycles. The smallest absolute Gasteiger partial charge is 0.265 e. The average Bonchev–Trinajstić information content (AvgIpc) is 3.13. The Labute approximate surface area is 169 Å². The fourth-order valence-electron chi connectivity index (χ4n) is 3.52. The maximum absolute atomic E-state index is 13.1. The molecule has 1 aliphatic rings. The van der Waals surface area contributed by atoms with Gasteiger partial charge in [0, 0.05) is 44.1 Å². The number of amides is 2. The van der Waals surface area contributed by atoms with E-state index in [1.807, 2.05) is 26.0 Å². The van der Waals surface area contributed by atoms with E-state index < -0.39 is 0 Å². The highest BCUT2D eigenvalue weighted by Gasteiger charge is 2.32. The van der Waals surface area contributed by atoms with Gasteiger partial charge in [0.25, 0.3) is 5.91 Å². The number of rotatable bonds is 6. The molecule has 1 unspecified atom stereocenters. The molecule has 1 fully saturated rings. The fraction of sp³-hybridized carbons (Fsp3) is 0.500. The van der Waals surface area contributed by atoms with Crippen molar-refractivity contribution >= 4 is 23.2 Å². The summed E-state index contributed by atoms with van der Waals surface area (Å²) in [7, 11) is 0. The lowest BCUT2D eigenvalue weighted by atomic mass is 9.96. The summed E-state index contributed by atoms with van der Waals surface area (Å²) < 4.78 is 0. The quantitative estimate of drug-likeness (QED) is 0.801. The number of hydrogen-bond acceptors (Lipinski definition) is 6. The SMILES string of the molecule is CCN(CCO)C(=O)C1CCCN(C(=O)c2sc(-c3cccnc3)nc2C)C1.